The number of rotatable bonds is 2. The highest BCUT2D eigenvalue weighted by Gasteiger charge is 2.40. The molecule has 1 amide bonds. The predicted molar refractivity (Wildman–Crippen MR) is 69.8 cm³/mol. The van der Waals surface area contributed by atoms with Crippen molar-refractivity contribution in [3.05, 3.63) is 22.8 Å². The largest absolute Gasteiger partial charge is 0.417 e. The average Bonchev–Trinajstić information content (AvgIpc) is 2.37. The molecular formula is C12H13ClF3N3O2. The average molecular weight is 324 g/mol. The van der Waals surface area contributed by atoms with Gasteiger partial charge in [0.1, 0.15) is 5.82 Å². The Hall–Kier alpha value is -1.54. The van der Waals surface area contributed by atoms with Crippen LogP contribution in [0, 0.1) is 0 Å². The lowest BCUT2D eigenvalue weighted by atomic mass is 9.92. The number of pyridine rings is 1. The van der Waals surface area contributed by atoms with Crippen LogP contribution in [0.25, 0.3) is 0 Å². The van der Waals surface area contributed by atoms with Gasteiger partial charge in [0.25, 0.3) is 5.91 Å². The van der Waals surface area contributed by atoms with E-state index in [4.69, 9.17) is 17.3 Å². The number of piperidine rings is 1. The van der Waals surface area contributed by atoms with Crippen molar-refractivity contribution in [1.82, 2.24) is 4.98 Å². The molecule has 5 nitrogen and oxygen atoms in total. The summed E-state index contributed by atoms with van der Waals surface area (Å²) in [5.74, 6) is -0.792. The summed E-state index contributed by atoms with van der Waals surface area (Å²) in [6.45, 7) is 0.258. The molecule has 2 rings (SSSR count). The monoisotopic (exact) mass is 323 g/mol. The number of aromatic nitrogens is 1. The third-order valence-corrected chi connectivity index (χ3v) is 3.66. The number of hydrogen-bond acceptors (Lipinski definition) is 4. The van der Waals surface area contributed by atoms with Gasteiger partial charge < -0.3 is 15.7 Å². The van der Waals surface area contributed by atoms with E-state index in [1.807, 2.05) is 0 Å². The maximum Gasteiger partial charge on any atom is 0.417 e. The first kappa shape index (κ1) is 15.8. The number of anilines is 1. The predicted octanol–water partition coefficient (Wildman–Crippen LogP) is 1.57. The minimum absolute atomic E-state index is 0.0871. The molecule has 116 valence electrons. The van der Waals surface area contributed by atoms with Crippen molar-refractivity contribution >= 4 is 23.3 Å². The molecule has 1 aliphatic heterocycles. The van der Waals surface area contributed by atoms with Gasteiger partial charge in [-0.15, -0.1) is 0 Å². The summed E-state index contributed by atoms with van der Waals surface area (Å²) in [5.41, 5.74) is 2.45. The number of carbonyl (C=O) groups excluding carboxylic acids is 1. The summed E-state index contributed by atoms with van der Waals surface area (Å²) < 4.78 is 37.7. The molecule has 1 fully saturated rings. The zero-order valence-corrected chi connectivity index (χ0v) is 11.6. The van der Waals surface area contributed by atoms with Gasteiger partial charge >= 0.3 is 6.18 Å². The SMILES string of the molecule is NC(=O)[C@]1(O)CCCN(c2ncc(C(F)(F)F)cc2Cl)C1. The Morgan fingerprint density at radius 1 is 1.52 bits per heavy atom. The molecule has 0 spiro atoms. The van der Waals surface area contributed by atoms with Crippen molar-refractivity contribution < 1.29 is 23.1 Å². The highest BCUT2D eigenvalue weighted by molar-refractivity contribution is 6.33. The quantitative estimate of drug-likeness (QED) is 0.866. The molecule has 0 saturated carbocycles. The van der Waals surface area contributed by atoms with E-state index in [0.717, 1.165) is 6.07 Å². The Bertz CT molecular complexity index is 567. The fourth-order valence-electron chi connectivity index (χ4n) is 2.24. The first-order chi connectivity index (χ1) is 9.63. The molecule has 3 N–H and O–H groups in total. The van der Waals surface area contributed by atoms with Gasteiger partial charge in [-0.1, -0.05) is 11.6 Å². The van der Waals surface area contributed by atoms with Gasteiger partial charge in [0.15, 0.2) is 5.60 Å². The summed E-state index contributed by atoms with van der Waals surface area (Å²) in [4.78, 5) is 16.4. The molecular weight excluding hydrogens is 311 g/mol. The molecule has 1 aromatic heterocycles. The van der Waals surface area contributed by atoms with Gasteiger partial charge in [0.2, 0.25) is 0 Å². The lowest BCUT2D eigenvalue weighted by Crippen LogP contribution is -2.56. The second-order valence-electron chi connectivity index (χ2n) is 4.95. The normalized spacial score (nSPS) is 23.2. The highest BCUT2D eigenvalue weighted by Crippen LogP contribution is 2.35. The number of aliphatic hydroxyl groups is 1. The zero-order chi connectivity index (χ0) is 15.8. The maximum absolute atomic E-state index is 12.6. The van der Waals surface area contributed by atoms with Crippen molar-refractivity contribution in [3.63, 3.8) is 0 Å². The summed E-state index contributed by atoms with van der Waals surface area (Å²) in [6, 6.07) is 0.766. The van der Waals surface area contributed by atoms with Crippen molar-refractivity contribution in [3.8, 4) is 0 Å². The molecule has 9 heteroatoms. The minimum Gasteiger partial charge on any atom is -0.378 e. The molecule has 0 aromatic carbocycles. The number of nitrogens with zero attached hydrogens (tertiary/aromatic N) is 2. The fourth-order valence-corrected chi connectivity index (χ4v) is 2.52. The number of carbonyl (C=O) groups is 1. The first-order valence-electron chi connectivity index (χ1n) is 6.13. The Morgan fingerprint density at radius 2 is 2.19 bits per heavy atom. The third-order valence-electron chi connectivity index (χ3n) is 3.38. The van der Waals surface area contributed by atoms with Crippen LogP contribution in [0.3, 0.4) is 0 Å². The van der Waals surface area contributed by atoms with Gasteiger partial charge in [-0.25, -0.2) is 4.98 Å². The molecule has 1 saturated heterocycles. The molecule has 0 bridgehead atoms. The number of hydrogen-bond donors (Lipinski definition) is 2. The first-order valence-corrected chi connectivity index (χ1v) is 6.51. The van der Waals surface area contributed by atoms with E-state index in [0.29, 0.717) is 19.2 Å². The summed E-state index contributed by atoms with van der Waals surface area (Å²) in [5, 5.41) is 9.89. The number of β-amino-alcohol motifs (C(OH)–C–C–N with tert-alkyl or cyclic N) is 1. The number of primary amides is 1. The minimum atomic E-state index is -4.54. The van der Waals surface area contributed by atoms with E-state index in [-0.39, 0.29) is 23.8 Å². The van der Waals surface area contributed by atoms with Crippen molar-refractivity contribution in [2.24, 2.45) is 5.73 Å². The van der Waals surface area contributed by atoms with Crippen LogP contribution < -0.4 is 10.6 Å². The van der Waals surface area contributed by atoms with Gasteiger partial charge in [0.05, 0.1) is 17.1 Å². The zero-order valence-electron chi connectivity index (χ0n) is 10.8. The molecule has 0 aliphatic carbocycles. The molecule has 0 unspecified atom stereocenters. The molecule has 2 heterocycles. The number of nitrogens with two attached hydrogens (primary N) is 1. The fraction of sp³-hybridized carbons (Fsp3) is 0.500. The van der Waals surface area contributed by atoms with E-state index in [2.05, 4.69) is 4.98 Å². The second kappa shape index (κ2) is 5.34. The Morgan fingerprint density at radius 3 is 2.71 bits per heavy atom. The molecule has 1 aliphatic rings. The van der Waals surface area contributed by atoms with Gasteiger partial charge in [-0.3, -0.25) is 4.79 Å². The van der Waals surface area contributed by atoms with Crippen molar-refractivity contribution in [2.75, 3.05) is 18.0 Å². The van der Waals surface area contributed by atoms with Gasteiger partial charge in [-0.05, 0) is 18.9 Å². The van der Waals surface area contributed by atoms with Crippen molar-refractivity contribution in [2.45, 2.75) is 24.6 Å². The van der Waals surface area contributed by atoms with Crippen LogP contribution in [0.4, 0.5) is 19.0 Å². The Labute approximate surface area is 123 Å². The lowest BCUT2D eigenvalue weighted by molar-refractivity contribution is -0.138. The standard InChI is InChI=1S/C12H13ClF3N3O2/c13-8-4-7(12(14,15)16)5-18-9(8)19-3-1-2-11(21,6-19)10(17)20/h4-5,21H,1-3,6H2,(H2,17,20)/t11-/m0/s1. The topological polar surface area (TPSA) is 79.5 Å². The second-order valence-corrected chi connectivity index (χ2v) is 5.36. The Kier molecular flexibility index (Phi) is 4.03. The van der Waals surface area contributed by atoms with Crippen LogP contribution in [0.1, 0.15) is 18.4 Å². The number of alkyl halides is 3. The van der Waals surface area contributed by atoms with Crippen LogP contribution >= 0.6 is 11.6 Å². The molecule has 1 aromatic rings. The Balaban J connectivity index is 2.28. The molecule has 0 radical (unpaired) electrons. The van der Waals surface area contributed by atoms with E-state index in [1.54, 1.807) is 0 Å². The smallest absolute Gasteiger partial charge is 0.378 e. The summed E-state index contributed by atoms with van der Waals surface area (Å²) in [7, 11) is 0. The lowest BCUT2D eigenvalue weighted by Gasteiger charge is -2.38. The highest BCUT2D eigenvalue weighted by atomic mass is 35.5. The maximum atomic E-state index is 12.6. The summed E-state index contributed by atoms with van der Waals surface area (Å²) >= 11 is 5.84. The van der Waals surface area contributed by atoms with Gasteiger partial charge in [-0.2, -0.15) is 13.2 Å². The van der Waals surface area contributed by atoms with Crippen LogP contribution in [-0.4, -0.2) is 34.7 Å². The van der Waals surface area contributed by atoms with E-state index < -0.39 is 23.2 Å². The third kappa shape index (κ3) is 3.21. The van der Waals surface area contributed by atoms with E-state index in [9.17, 15) is 23.1 Å². The van der Waals surface area contributed by atoms with Crippen molar-refractivity contribution in [1.29, 1.82) is 0 Å². The number of halogens is 4. The summed E-state index contributed by atoms with van der Waals surface area (Å²) in [6.07, 6.45) is -3.24. The van der Waals surface area contributed by atoms with E-state index in [1.165, 1.54) is 4.90 Å². The van der Waals surface area contributed by atoms with Crippen LogP contribution in [0.5, 0.6) is 0 Å². The molecule has 1 atom stereocenters. The number of amides is 1. The van der Waals surface area contributed by atoms with Gasteiger partial charge in [0, 0.05) is 12.7 Å². The van der Waals surface area contributed by atoms with Crippen LogP contribution in [0.2, 0.25) is 5.02 Å². The molecule has 21 heavy (non-hydrogen) atoms. The van der Waals surface area contributed by atoms with Crippen LogP contribution in [-0.2, 0) is 11.0 Å². The van der Waals surface area contributed by atoms with E-state index >= 15 is 0 Å². The van der Waals surface area contributed by atoms with Crippen LogP contribution in [0.15, 0.2) is 12.3 Å².